The minimum Gasteiger partial charge on any atom is -0.488 e. The number of carbonyl (C=O) groups is 1. The van der Waals surface area contributed by atoms with Gasteiger partial charge in [0.1, 0.15) is 12.4 Å². The molecule has 3 rings (SSSR count). The standard InChI is InChI=1S/C18H14O2S/c19-11-17-10-15(16-8-9-21-13-16)6-7-18(17)20-12-14-4-2-1-3-5-14/h1-11,13H,12H2. The van der Waals surface area contributed by atoms with Gasteiger partial charge < -0.3 is 4.74 Å². The van der Waals surface area contributed by atoms with Crippen molar-refractivity contribution in [3.8, 4) is 16.9 Å². The molecule has 0 spiro atoms. The third-order valence-corrected chi connectivity index (χ3v) is 3.91. The Hall–Kier alpha value is -2.39. The number of hydrogen-bond donors (Lipinski definition) is 0. The molecule has 104 valence electrons. The number of carbonyl (C=O) groups excluding carboxylic acids is 1. The summed E-state index contributed by atoms with van der Waals surface area (Å²) in [5.74, 6) is 0.618. The molecule has 1 heterocycles. The van der Waals surface area contributed by atoms with Crippen LogP contribution < -0.4 is 4.74 Å². The minimum absolute atomic E-state index is 0.458. The van der Waals surface area contributed by atoms with Gasteiger partial charge in [-0.25, -0.2) is 0 Å². The van der Waals surface area contributed by atoms with Gasteiger partial charge in [0, 0.05) is 0 Å². The van der Waals surface area contributed by atoms with Crippen molar-refractivity contribution in [3.05, 3.63) is 76.5 Å². The summed E-state index contributed by atoms with van der Waals surface area (Å²) in [7, 11) is 0. The SMILES string of the molecule is O=Cc1cc(-c2ccsc2)ccc1OCc1ccccc1. The van der Waals surface area contributed by atoms with E-state index in [1.165, 1.54) is 0 Å². The van der Waals surface area contributed by atoms with Crippen LogP contribution in [0.2, 0.25) is 0 Å². The molecule has 21 heavy (non-hydrogen) atoms. The molecule has 1 aromatic heterocycles. The number of thiophene rings is 1. The van der Waals surface area contributed by atoms with Crippen LogP contribution in [-0.4, -0.2) is 6.29 Å². The Morgan fingerprint density at radius 3 is 2.57 bits per heavy atom. The van der Waals surface area contributed by atoms with E-state index < -0.39 is 0 Å². The molecule has 0 aliphatic rings. The first-order chi connectivity index (χ1) is 10.4. The molecule has 0 atom stereocenters. The van der Waals surface area contributed by atoms with Gasteiger partial charge in [-0.15, -0.1) is 0 Å². The molecule has 0 saturated heterocycles. The molecule has 2 aromatic carbocycles. The van der Waals surface area contributed by atoms with Crippen molar-refractivity contribution in [2.24, 2.45) is 0 Å². The van der Waals surface area contributed by atoms with Gasteiger partial charge >= 0.3 is 0 Å². The predicted octanol–water partition coefficient (Wildman–Crippen LogP) is 4.81. The summed E-state index contributed by atoms with van der Waals surface area (Å²) in [6.45, 7) is 0.458. The summed E-state index contributed by atoms with van der Waals surface area (Å²) in [5.41, 5.74) is 3.81. The summed E-state index contributed by atoms with van der Waals surface area (Å²) < 4.78 is 5.76. The van der Waals surface area contributed by atoms with Gasteiger partial charge in [-0.05, 0) is 45.6 Å². The Labute approximate surface area is 127 Å². The maximum absolute atomic E-state index is 11.3. The summed E-state index contributed by atoms with van der Waals surface area (Å²) in [6.07, 6.45) is 0.843. The lowest BCUT2D eigenvalue weighted by Gasteiger charge is -2.10. The average molecular weight is 294 g/mol. The van der Waals surface area contributed by atoms with E-state index >= 15 is 0 Å². The second-order valence-corrected chi connectivity index (χ2v) is 5.44. The second-order valence-electron chi connectivity index (χ2n) is 4.66. The van der Waals surface area contributed by atoms with Crippen LogP contribution in [0.25, 0.3) is 11.1 Å². The quantitative estimate of drug-likeness (QED) is 0.631. The first kappa shape index (κ1) is 13.6. The van der Waals surface area contributed by atoms with Crippen molar-refractivity contribution in [2.75, 3.05) is 0 Å². The fourth-order valence-corrected chi connectivity index (χ4v) is 2.78. The molecule has 0 radical (unpaired) electrons. The Bertz CT molecular complexity index is 718. The van der Waals surface area contributed by atoms with Gasteiger partial charge in [-0.2, -0.15) is 11.3 Å². The Morgan fingerprint density at radius 1 is 1.00 bits per heavy atom. The van der Waals surface area contributed by atoms with Crippen LogP contribution in [-0.2, 0) is 6.61 Å². The van der Waals surface area contributed by atoms with E-state index in [0.29, 0.717) is 17.9 Å². The molecule has 0 saturated carbocycles. The Morgan fingerprint density at radius 2 is 1.86 bits per heavy atom. The van der Waals surface area contributed by atoms with E-state index in [9.17, 15) is 4.79 Å². The molecule has 0 aliphatic heterocycles. The van der Waals surface area contributed by atoms with Crippen LogP contribution in [0.3, 0.4) is 0 Å². The summed E-state index contributed by atoms with van der Waals surface area (Å²) in [4.78, 5) is 11.3. The van der Waals surface area contributed by atoms with Gasteiger partial charge in [0.05, 0.1) is 5.56 Å². The highest BCUT2D eigenvalue weighted by Crippen LogP contribution is 2.27. The molecule has 0 bridgehead atoms. The highest BCUT2D eigenvalue weighted by molar-refractivity contribution is 7.08. The van der Waals surface area contributed by atoms with Gasteiger partial charge in [0.2, 0.25) is 0 Å². The average Bonchev–Trinajstić information content (AvgIpc) is 3.08. The molecular formula is C18H14O2S. The van der Waals surface area contributed by atoms with Crippen molar-refractivity contribution < 1.29 is 9.53 Å². The van der Waals surface area contributed by atoms with Crippen LogP contribution in [0.15, 0.2) is 65.4 Å². The molecule has 3 heteroatoms. The molecule has 2 nitrogen and oxygen atoms in total. The largest absolute Gasteiger partial charge is 0.488 e. The van der Waals surface area contributed by atoms with Crippen molar-refractivity contribution in [1.82, 2.24) is 0 Å². The van der Waals surface area contributed by atoms with Crippen molar-refractivity contribution in [2.45, 2.75) is 6.61 Å². The fourth-order valence-electron chi connectivity index (χ4n) is 2.12. The van der Waals surface area contributed by atoms with Crippen LogP contribution in [0, 0.1) is 0 Å². The summed E-state index contributed by atoms with van der Waals surface area (Å²) >= 11 is 1.64. The fraction of sp³-hybridized carbons (Fsp3) is 0.0556. The zero-order valence-corrected chi connectivity index (χ0v) is 12.2. The van der Waals surface area contributed by atoms with E-state index in [1.807, 2.05) is 60.0 Å². The normalized spacial score (nSPS) is 10.3. The smallest absolute Gasteiger partial charge is 0.153 e. The third kappa shape index (κ3) is 3.20. The summed E-state index contributed by atoms with van der Waals surface area (Å²) in [6, 6.07) is 17.7. The maximum Gasteiger partial charge on any atom is 0.153 e. The molecule has 0 fully saturated rings. The lowest BCUT2D eigenvalue weighted by atomic mass is 10.1. The molecular weight excluding hydrogens is 280 g/mol. The van der Waals surface area contributed by atoms with E-state index in [4.69, 9.17) is 4.74 Å². The lowest BCUT2D eigenvalue weighted by Crippen LogP contribution is -1.98. The van der Waals surface area contributed by atoms with E-state index in [0.717, 1.165) is 23.0 Å². The zero-order chi connectivity index (χ0) is 14.5. The number of hydrogen-bond acceptors (Lipinski definition) is 3. The second kappa shape index (κ2) is 6.37. The number of rotatable bonds is 5. The van der Waals surface area contributed by atoms with Gasteiger partial charge in [0.25, 0.3) is 0 Å². The van der Waals surface area contributed by atoms with Crippen molar-refractivity contribution in [1.29, 1.82) is 0 Å². The number of ether oxygens (including phenoxy) is 1. The van der Waals surface area contributed by atoms with Gasteiger partial charge in [-0.1, -0.05) is 36.4 Å². The Balaban J connectivity index is 1.81. The highest BCUT2D eigenvalue weighted by Gasteiger charge is 2.06. The van der Waals surface area contributed by atoms with E-state index in [-0.39, 0.29) is 0 Å². The van der Waals surface area contributed by atoms with Crippen LogP contribution in [0.4, 0.5) is 0 Å². The van der Waals surface area contributed by atoms with Crippen molar-refractivity contribution >= 4 is 17.6 Å². The van der Waals surface area contributed by atoms with Gasteiger partial charge in [-0.3, -0.25) is 4.79 Å². The topological polar surface area (TPSA) is 26.3 Å². The monoisotopic (exact) mass is 294 g/mol. The van der Waals surface area contributed by atoms with Gasteiger partial charge in [0.15, 0.2) is 6.29 Å². The number of benzene rings is 2. The van der Waals surface area contributed by atoms with E-state index in [1.54, 1.807) is 11.3 Å². The lowest BCUT2D eigenvalue weighted by molar-refractivity contribution is 0.111. The van der Waals surface area contributed by atoms with Crippen LogP contribution in [0.1, 0.15) is 15.9 Å². The molecule has 0 aliphatic carbocycles. The van der Waals surface area contributed by atoms with Crippen LogP contribution >= 0.6 is 11.3 Å². The van der Waals surface area contributed by atoms with Crippen molar-refractivity contribution in [3.63, 3.8) is 0 Å². The highest BCUT2D eigenvalue weighted by atomic mass is 32.1. The first-order valence-electron chi connectivity index (χ1n) is 6.65. The van der Waals surface area contributed by atoms with E-state index in [2.05, 4.69) is 5.38 Å². The zero-order valence-electron chi connectivity index (χ0n) is 11.4. The van der Waals surface area contributed by atoms with Crippen LogP contribution in [0.5, 0.6) is 5.75 Å². The predicted molar refractivity (Wildman–Crippen MR) is 85.9 cm³/mol. The summed E-state index contributed by atoms with van der Waals surface area (Å²) in [5, 5.41) is 4.09. The maximum atomic E-state index is 11.3. The molecule has 0 unspecified atom stereocenters. The Kier molecular flexibility index (Phi) is 4.12. The molecule has 0 amide bonds. The molecule has 0 N–H and O–H groups in total. The number of aldehydes is 1. The minimum atomic E-state index is 0.458. The first-order valence-corrected chi connectivity index (χ1v) is 7.59. The third-order valence-electron chi connectivity index (χ3n) is 3.23. The molecule has 3 aromatic rings.